The van der Waals surface area contributed by atoms with E-state index in [1.165, 1.54) is 4.88 Å². The van der Waals surface area contributed by atoms with Gasteiger partial charge in [0.05, 0.1) is 6.10 Å². The maximum Gasteiger partial charge on any atom is 0.0565 e. The molecule has 0 amide bonds. The minimum Gasteiger partial charge on any atom is -0.393 e. The number of hydrogen-bond donors (Lipinski definition) is 1. The molecule has 1 heterocycles. The fourth-order valence-corrected chi connectivity index (χ4v) is 2.10. The molecule has 15 heavy (non-hydrogen) atoms. The molecule has 1 unspecified atom stereocenters. The van der Waals surface area contributed by atoms with Crippen molar-refractivity contribution >= 4 is 11.3 Å². The van der Waals surface area contributed by atoms with E-state index in [1.807, 2.05) is 0 Å². The summed E-state index contributed by atoms with van der Waals surface area (Å²) in [6, 6.07) is 4.17. The van der Waals surface area contributed by atoms with Gasteiger partial charge >= 0.3 is 0 Å². The van der Waals surface area contributed by atoms with E-state index < -0.39 is 0 Å². The van der Waals surface area contributed by atoms with Gasteiger partial charge in [0.15, 0.2) is 0 Å². The summed E-state index contributed by atoms with van der Waals surface area (Å²) in [6.07, 6.45) is 3.41. The van der Waals surface area contributed by atoms with Gasteiger partial charge in [-0.25, -0.2) is 0 Å². The van der Waals surface area contributed by atoms with Crippen LogP contribution in [0, 0.1) is 0 Å². The highest BCUT2D eigenvalue weighted by molar-refractivity contribution is 7.09. The quantitative estimate of drug-likeness (QED) is 0.693. The second-order valence-electron chi connectivity index (χ2n) is 3.67. The second-order valence-corrected chi connectivity index (χ2v) is 4.71. The van der Waals surface area contributed by atoms with Gasteiger partial charge in [0.25, 0.3) is 0 Å². The van der Waals surface area contributed by atoms with Crippen molar-refractivity contribution in [2.75, 3.05) is 13.2 Å². The Hall–Kier alpha value is -0.380. The summed E-state index contributed by atoms with van der Waals surface area (Å²) in [5, 5.41) is 11.7. The minimum absolute atomic E-state index is 0.219. The van der Waals surface area contributed by atoms with Gasteiger partial charge in [0.1, 0.15) is 0 Å². The molecule has 0 spiro atoms. The average Bonchev–Trinajstić information content (AvgIpc) is 2.74. The zero-order valence-corrected chi connectivity index (χ0v) is 10.1. The molecule has 3 heteroatoms. The fourth-order valence-electron chi connectivity index (χ4n) is 1.37. The van der Waals surface area contributed by atoms with E-state index in [9.17, 15) is 5.11 Å². The van der Waals surface area contributed by atoms with Crippen LogP contribution in [0.3, 0.4) is 0 Å². The van der Waals surface area contributed by atoms with Crippen LogP contribution >= 0.6 is 11.3 Å². The summed E-state index contributed by atoms with van der Waals surface area (Å²) in [4.78, 5) is 1.35. The Morgan fingerprint density at radius 3 is 2.93 bits per heavy atom. The van der Waals surface area contributed by atoms with Gasteiger partial charge in [-0.15, -0.1) is 11.3 Å². The number of rotatable bonds is 8. The van der Waals surface area contributed by atoms with Crippen LogP contribution in [0.15, 0.2) is 17.5 Å². The van der Waals surface area contributed by atoms with E-state index in [1.54, 1.807) is 11.3 Å². The van der Waals surface area contributed by atoms with Crippen LogP contribution in [0.1, 0.15) is 31.1 Å². The predicted molar refractivity (Wildman–Crippen MR) is 64.4 cm³/mol. The Kier molecular flexibility index (Phi) is 6.64. The molecule has 86 valence electrons. The molecule has 1 rings (SSSR count). The third-order valence-electron chi connectivity index (χ3n) is 2.25. The molecular weight excluding hydrogens is 208 g/mol. The van der Waals surface area contributed by atoms with Crippen molar-refractivity contribution in [2.45, 2.75) is 38.7 Å². The van der Waals surface area contributed by atoms with Crippen molar-refractivity contribution < 1.29 is 9.84 Å². The van der Waals surface area contributed by atoms with Crippen LogP contribution in [0.5, 0.6) is 0 Å². The summed E-state index contributed by atoms with van der Waals surface area (Å²) >= 11 is 1.75. The Balaban J connectivity index is 2.01. The van der Waals surface area contributed by atoms with Crippen LogP contribution < -0.4 is 0 Å². The lowest BCUT2D eigenvalue weighted by Gasteiger charge is -2.09. The zero-order chi connectivity index (χ0) is 10.9. The van der Waals surface area contributed by atoms with Gasteiger partial charge in [-0.2, -0.15) is 0 Å². The first-order valence-electron chi connectivity index (χ1n) is 5.61. The van der Waals surface area contributed by atoms with Gasteiger partial charge in [-0.3, -0.25) is 0 Å². The summed E-state index contributed by atoms with van der Waals surface area (Å²) in [6.45, 7) is 3.57. The third-order valence-corrected chi connectivity index (χ3v) is 3.18. The largest absolute Gasteiger partial charge is 0.393 e. The van der Waals surface area contributed by atoms with E-state index in [4.69, 9.17) is 4.74 Å². The van der Waals surface area contributed by atoms with E-state index in [0.717, 1.165) is 32.3 Å². The molecule has 0 bridgehead atoms. The topological polar surface area (TPSA) is 29.5 Å². The Morgan fingerprint density at radius 2 is 2.27 bits per heavy atom. The molecule has 2 nitrogen and oxygen atoms in total. The zero-order valence-electron chi connectivity index (χ0n) is 9.32. The molecule has 1 atom stereocenters. The van der Waals surface area contributed by atoms with Gasteiger partial charge < -0.3 is 9.84 Å². The van der Waals surface area contributed by atoms with Crippen molar-refractivity contribution in [2.24, 2.45) is 0 Å². The molecule has 0 saturated heterocycles. The van der Waals surface area contributed by atoms with E-state index >= 15 is 0 Å². The second kappa shape index (κ2) is 7.85. The normalized spacial score (nSPS) is 12.9. The smallest absolute Gasteiger partial charge is 0.0565 e. The highest BCUT2D eigenvalue weighted by Crippen LogP contribution is 2.13. The Morgan fingerprint density at radius 1 is 1.40 bits per heavy atom. The van der Waals surface area contributed by atoms with Crippen LogP contribution in [0.25, 0.3) is 0 Å². The monoisotopic (exact) mass is 228 g/mol. The lowest BCUT2D eigenvalue weighted by Crippen LogP contribution is -2.11. The van der Waals surface area contributed by atoms with E-state index in [2.05, 4.69) is 24.4 Å². The average molecular weight is 228 g/mol. The maximum atomic E-state index is 9.67. The molecule has 1 N–H and O–H groups in total. The van der Waals surface area contributed by atoms with Crippen molar-refractivity contribution in [1.29, 1.82) is 0 Å². The van der Waals surface area contributed by atoms with E-state index in [0.29, 0.717) is 6.61 Å². The first-order chi connectivity index (χ1) is 7.33. The predicted octanol–water partition coefficient (Wildman–Crippen LogP) is 2.86. The van der Waals surface area contributed by atoms with Crippen LogP contribution in [0.4, 0.5) is 0 Å². The molecule has 0 aromatic carbocycles. The van der Waals surface area contributed by atoms with E-state index in [-0.39, 0.29) is 6.10 Å². The van der Waals surface area contributed by atoms with Gasteiger partial charge in [-0.1, -0.05) is 13.0 Å². The SMILES string of the molecule is CCCOCCC(O)CCc1cccs1. The molecule has 0 aliphatic carbocycles. The number of hydrogen-bond acceptors (Lipinski definition) is 3. The van der Waals surface area contributed by atoms with Crippen LogP contribution in [-0.4, -0.2) is 24.4 Å². The summed E-state index contributed by atoms with van der Waals surface area (Å²) in [5.74, 6) is 0. The number of aliphatic hydroxyl groups excluding tert-OH is 1. The van der Waals surface area contributed by atoms with Gasteiger partial charge in [0.2, 0.25) is 0 Å². The molecule has 0 fully saturated rings. The fraction of sp³-hybridized carbons (Fsp3) is 0.667. The molecule has 1 aromatic rings. The Bertz CT molecular complexity index is 234. The van der Waals surface area contributed by atoms with Crippen LogP contribution in [-0.2, 0) is 11.2 Å². The number of ether oxygens (including phenoxy) is 1. The molecule has 0 radical (unpaired) electrons. The molecule has 1 aromatic heterocycles. The molecule has 0 saturated carbocycles. The highest BCUT2D eigenvalue weighted by atomic mass is 32.1. The molecule has 0 aliphatic heterocycles. The number of aliphatic hydroxyl groups is 1. The number of thiophene rings is 1. The Labute approximate surface area is 95.9 Å². The first kappa shape index (κ1) is 12.7. The number of aryl methyl sites for hydroxylation is 1. The van der Waals surface area contributed by atoms with Crippen LogP contribution in [0.2, 0.25) is 0 Å². The third kappa shape index (κ3) is 5.92. The summed E-state index contributed by atoms with van der Waals surface area (Å²) in [5.41, 5.74) is 0. The van der Waals surface area contributed by atoms with Crippen molar-refractivity contribution in [3.8, 4) is 0 Å². The van der Waals surface area contributed by atoms with Crippen molar-refractivity contribution in [3.05, 3.63) is 22.4 Å². The molecule has 0 aliphatic rings. The van der Waals surface area contributed by atoms with Gasteiger partial charge in [-0.05, 0) is 37.1 Å². The van der Waals surface area contributed by atoms with Crippen molar-refractivity contribution in [3.63, 3.8) is 0 Å². The maximum absolute atomic E-state index is 9.67. The standard InChI is InChI=1S/C12H20O2S/c1-2-8-14-9-7-11(13)5-6-12-4-3-10-15-12/h3-4,10-11,13H,2,5-9H2,1H3. The minimum atomic E-state index is -0.219. The summed E-state index contributed by atoms with van der Waals surface area (Å²) in [7, 11) is 0. The molecular formula is C12H20O2S. The first-order valence-corrected chi connectivity index (χ1v) is 6.49. The van der Waals surface area contributed by atoms with Gasteiger partial charge in [0, 0.05) is 18.1 Å². The highest BCUT2D eigenvalue weighted by Gasteiger charge is 2.04. The lowest BCUT2D eigenvalue weighted by atomic mass is 10.1. The lowest BCUT2D eigenvalue weighted by molar-refractivity contribution is 0.0786. The van der Waals surface area contributed by atoms with Crippen molar-refractivity contribution in [1.82, 2.24) is 0 Å². The summed E-state index contributed by atoms with van der Waals surface area (Å²) < 4.78 is 5.33.